The highest BCUT2D eigenvalue weighted by atomic mass is 32.1. The standard InChI is InChI=1S/C16H11FN2OS/c17-12-6-2-4-8-14(12)20-15-10-5-1-3-7-13(10)19-9-11(15)16(18)21/h1-9H,(H2,18,21). The number of para-hydroxylation sites is 2. The molecule has 0 aliphatic heterocycles. The van der Waals surface area contributed by atoms with E-state index in [2.05, 4.69) is 4.98 Å². The van der Waals surface area contributed by atoms with Gasteiger partial charge in [0, 0.05) is 11.6 Å². The lowest BCUT2D eigenvalue weighted by atomic mass is 10.1. The number of aromatic nitrogens is 1. The first-order valence-corrected chi connectivity index (χ1v) is 6.67. The van der Waals surface area contributed by atoms with Crippen LogP contribution >= 0.6 is 12.2 Å². The van der Waals surface area contributed by atoms with Crippen molar-refractivity contribution in [3.63, 3.8) is 0 Å². The van der Waals surface area contributed by atoms with Crippen LogP contribution in [0.25, 0.3) is 10.9 Å². The molecule has 0 saturated heterocycles. The molecule has 0 spiro atoms. The summed E-state index contributed by atoms with van der Waals surface area (Å²) in [5, 5.41) is 0.728. The van der Waals surface area contributed by atoms with Crippen molar-refractivity contribution >= 4 is 28.1 Å². The zero-order valence-corrected chi connectivity index (χ0v) is 11.7. The van der Waals surface area contributed by atoms with Gasteiger partial charge in [-0.05, 0) is 24.3 Å². The average molecular weight is 298 g/mol. The second kappa shape index (κ2) is 5.46. The monoisotopic (exact) mass is 298 g/mol. The number of pyridine rings is 1. The van der Waals surface area contributed by atoms with Crippen LogP contribution in [0, 0.1) is 5.82 Å². The third-order valence-electron chi connectivity index (χ3n) is 3.04. The van der Waals surface area contributed by atoms with Gasteiger partial charge in [0.15, 0.2) is 11.6 Å². The quantitative estimate of drug-likeness (QED) is 0.747. The Morgan fingerprint density at radius 3 is 2.57 bits per heavy atom. The van der Waals surface area contributed by atoms with Crippen LogP contribution in [0.3, 0.4) is 0 Å². The van der Waals surface area contributed by atoms with Crippen molar-refractivity contribution in [3.8, 4) is 11.5 Å². The van der Waals surface area contributed by atoms with Crippen molar-refractivity contribution in [1.29, 1.82) is 0 Å². The van der Waals surface area contributed by atoms with E-state index >= 15 is 0 Å². The van der Waals surface area contributed by atoms with Crippen molar-refractivity contribution in [3.05, 3.63) is 66.1 Å². The molecule has 0 saturated carbocycles. The lowest BCUT2D eigenvalue weighted by Gasteiger charge is -2.13. The van der Waals surface area contributed by atoms with E-state index in [1.807, 2.05) is 24.3 Å². The fourth-order valence-corrected chi connectivity index (χ4v) is 2.18. The van der Waals surface area contributed by atoms with Crippen molar-refractivity contribution in [1.82, 2.24) is 4.98 Å². The highest BCUT2D eigenvalue weighted by molar-refractivity contribution is 7.80. The smallest absolute Gasteiger partial charge is 0.165 e. The van der Waals surface area contributed by atoms with E-state index in [4.69, 9.17) is 22.7 Å². The topological polar surface area (TPSA) is 48.1 Å². The summed E-state index contributed by atoms with van der Waals surface area (Å²) >= 11 is 5.03. The molecule has 0 aliphatic rings. The molecule has 0 aliphatic carbocycles. The van der Waals surface area contributed by atoms with Gasteiger partial charge in [-0.1, -0.05) is 36.5 Å². The number of rotatable bonds is 3. The molecule has 104 valence electrons. The molecular weight excluding hydrogens is 287 g/mol. The molecule has 5 heteroatoms. The molecule has 1 heterocycles. The maximum absolute atomic E-state index is 13.8. The molecule has 0 atom stereocenters. The van der Waals surface area contributed by atoms with Crippen molar-refractivity contribution in [2.24, 2.45) is 5.73 Å². The number of thiocarbonyl (C=S) groups is 1. The molecule has 0 fully saturated rings. The third-order valence-corrected chi connectivity index (χ3v) is 3.26. The molecule has 0 bridgehead atoms. The van der Waals surface area contributed by atoms with Crippen LogP contribution in [0.2, 0.25) is 0 Å². The van der Waals surface area contributed by atoms with Gasteiger partial charge in [-0.3, -0.25) is 4.98 Å². The second-order valence-corrected chi connectivity index (χ2v) is 4.85. The fourth-order valence-electron chi connectivity index (χ4n) is 2.04. The molecule has 0 radical (unpaired) electrons. The summed E-state index contributed by atoms with van der Waals surface area (Å²) in [6.07, 6.45) is 1.54. The summed E-state index contributed by atoms with van der Waals surface area (Å²) in [5.74, 6) is 0.0804. The van der Waals surface area contributed by atoms with E-state index in [1.165, 1.54) is 6.07 Å². The van der Waals surface area contributed by atoms with Gasteiger partial charge in [0.05, 0.1) is 11.1 Å². The summed E-state index contributed by atoms with van der Waals surface area (Å²) < 4.78 is 19.5. The average Bonchev–Trinajstić information content (AvgIpc) is 2.49. The molecular formula is C16H11FN2OS. The van der Waals surface area contributed by atoms with Crippen molar-refractivity contribution < 1.29 is 9.13 Å². The minimum absolute atomic E-state index is 0.117. The maximum atomic E-state index is 13.8. The van der Waals surface area contributed by atoms with Gasteiger partial charge in [0.1, 0.15) is 10.7 Å². The summed E-state index contributed by atoms with van der Waals surface area (Å²) in [4.78, 5) is 4.44. The SMILES string of the molecule is NC(=S)c1cnc2ccccc2c1Oc1ccccc1F. The molecule has 0 unspecified atom stereocenters. The van der Waals surface area contributed by atoms with Gasteiger partial charge < -0.3 is 10.5 Å². The molecule has 0 amide bonds. The number of ether oxygens (including phenoxy) is 1. The molecule has 2 N–H and O–H groups in total. The van der Waals surface area contributed by atoms with Gasteiger partial charge >= 0.3 is 0 Å². The Labute approximate surface area is 126 Å². The lowest BCUT2D eigenvalue weighted by Crippen LogP contribution is -2.11. The first-order chi connectivity index (χ1) is 10.2. The molecule has 3 nitrogen and oxygen atoms in total. The van der Waals surface area contributed by atoms with Crippen LogP contribution in [0.15, 0.2) is 54.7 Å². The van der Waals surface area contributed by atoms with E-state index in [9.17, 15) is 4.39 Å². The molecule has 1 aromatic heterocycles. The highest BCUT2D eigenvalue weighted by Gasteiger charge is 2.14. The zero-order valence-electron chi connectivity index (χ0n) is 10.9. The van der Waals surface area contributed by atoms with Crippen LogP contribution in [0.1, 0.15) is 5.56 Å². The van der Waals surface area contributed by atoms with Crippen LogP contribution in [-0.4, -0.2) is 9.97 Å². The molecule has 3 aromatic rings. The number of hydrogen-bond acceptors (Lipinski definition) is 3. The number of fused-ring (bicyclic) bond motifs is 1. The summed E-state index contributed by atoms with van der Waals surface area (Å²) in [7, 11) is 0. The highest BCUT2D eigenvalue weighted by Crippen LogP contribution is 2.33. The Morgan fingerprint density at radius 2 is 1.81 bits per heavy atom. The maximum Gasteiger partial charge on any atom is 0.165 e. The van der Waals surface area contributed by atoms with Gasteiger partial charge in [-0.25, -0.2) is 4.39 Å². The molecule has 21 heavy (non-hydrogen) atoms. The first-order valence-electron chi connectivity index (χ1n) is 6.27. The number of nitrogens with zero attached hydrogens (tertiary/aromatic N) is 1. The summed E-state index contributed by atoms with van der Waals surface area (Å²) in [6, 6.07) is 13.6. The minimum atomic E-state index is -0.452. The van der Waals surface area contributed by atoms with Crippen molar-refractivity contribution in [2.45, 2.75) is 0 Å². The Hall–Kier alpha value is -2.53. The number of halogens is 1. The Balaban J connectivity index is 2.21. The largest absolute Gasteiger partial charge is 0.453 e. The van der Waals surface area contributed by atoms with Crippen LogP contribution in [0.4, 0.5) is 4.39 Å². The summed E-state index contributed by atoms with van der Waals surface area (Å²) in [5.41, 5.74) is 6.92. The van der Waals surface area contributed by atoms with Crippen molar-refractivity contribution in [2.75, 3.05) is 0 Å². The van der Waals surface area contributed by atoms with Crippen LogP contribution < -0.4 is 10.5 Å². The predicted octanol–water partition coefficient (Wildman–Crippen LogP) is 3.80. The predicted molar refractivity (Wildman–Crippen MR) is 84.1 cm³/mol. The minimum Gasteiger partial charge on any atom is -0.453 e. The van der Waals surface area contributed by atoms with E-state index in [-0.39, 0.29) is 10.7 Å². The van der Waals surface area contributed by atoms with Crippen LogP contribution in [-0.2, 0) is 0 Å². The number of benzene rings is 2. The zero-order chi connectivity index (χ0) is 14.8. The van der Waals surface area contributed by atoms with E-state index < -0.39 is 5.82 Å². The third kappa shape index (κ3) is 2.55. The Kier molecular flexibility index (Phi) is 3.50. The molecule has 2 aromatic carbocycles. The van der Waals surface area contributed by atoms with E-state index in [0.29, 0.717) is 11.3 Å². The van der Waals surface area contributed by atoms with Gasteiger partial charge in [-0.2, -0.15) is 0 Å². The van der Waals surface area contributed by atoms with E-state index in [0.717, 1.165) is 10.9 Å². The first kappa shape index (κ1) is 13.5. The van der Waals surface area contributed by atoms with E-state index in [1.54, 1.807) is 24.4 Å². The Morgan fingerprint density at radius 1 is 1.10 bits per heavy atom. The lowest BCUT2D eigenvalue weighted by molar-refractivity contribution is 0.445. The summed E-state index contributed by atoms with van der Waals surface area (Å²) in [6.45, 7) is 0. The Bertz CT molecular complexity index is 835. The second-order valence-electron chi connectivity index (χ2n) is 4.41. The van der Waals surface area contributed by atoms with Crippen LogP contribution in [0.5, 0.6) is 11.5 Å². The molecule has 3 rings (SSSR count). The van der Waals surface area contributed by atoms with Gasteiger partial charge in [0.2, 0.25) is 0 Å². The number of nitrogens with two attached hydrogens (primary N) is 1. The normalized spacial score (nSPS) is 10.5. The van der Waals surface area contributed by atoms with Gasteiger partial charge in [-0.15, -0.1) is 0 Å². The number of hydrogen-bond donors (Lipinski definition) is 1. The fraction of sp³-hybridized carbons (Fsp3) is 0. The van der Waals surface area contributed by atoms with Gasteiger partial charge in [0.25, 0.3) is 0 Å².